The number of hydrogen-bond donors (Lipinski definition) is 0. The Hall–Kier alpha value is -2.64. The van der Waals surface area contributed by atoms with Crippen LogP contribution in [-0.2, 0) is 19.1 Å². The fourth-order valence-corrected chi connectivity index (χ4v) is 5.58. The zero-order chi connectivity index (χ0) is 23.3. The highest BCUT2D eigenvalue weighted by Crippen LogP contribution is 2.42. The molecule has 0 aliphatic carbocycles. The number of carbonyl (C=O) groups is 3. The van der Waals surface area contributed by atoms with Gasteiger partial charge in [0.15, 0.2) is 0 Å². The lowest BCUT2D eigenvalue weighted by Crippen LogP contribution is -2.51. The number of pyridine rings is 1. The van der Waals surface area contributed by atoms with Gasteiger partial charge in [-0.05, 0) is 63.0 Å². The first-order valence-electron chi connectivity index (χ1n) is 12.4. The molecule has 4 rings (SSSR count). The van der Waals surface area contributed by atoms with Gasteiger partial charge in [0.25, 0.3) is 0 Å². The summed E-state index contributed by atoms with van der Waals surface area (Å²) in [5.41, 5.74) is 1.61. The Morgan fingerprint density at radius 3 is 2.15 bits per heavy atom. The number of likely N-dealkylation sites (tertiary alicyclic amines) is 2. The summed E-state index contributed by atoms with van der Waals surface area (Å²) in [6, 6.07) is 4.16. The number of aromatic nitrogens is 1. The van der Waals surface area contributed by atoms with Crippen LogP contribution in [-0.4, -0.2) is 78.4 Å². The Kier molecular flexibility index (Phi) is 7.50. The third kappa shape index (κ3) is 5.65. The van der Waals surface area contributed by atoms with E-state index in [9.17, 15) is 14.4 Å². The molecule has 1 spiro atoms. The van der Waals surface area contributed by atoms with Crippen molar-refractivity contribution in [2.45, 2.75) is 51.9 Å². The zero-order valence-electron chi connectivity index (χ0n) is 19.7. The number of amides is 2. The highest BCUT2D eigenvalue weighted by molar-refractivity contribution is 5.94. The van der Waals surface area contributed by atoms with Crippen molar-refractivity contribution in [2.75, 3.05) is 50.8 Å². The molecule has 33 heavy (non-hydrogen) atoms. The molecule has 180 valence electrons. The van der Waals surface area contributed by atoms with Gasteiger partial charge < -0.3 is 19.4 Å². The fraction of sp³-hybridized carbons (Fsp3) is 0.680. The normalized spacial score (nSPS) is 21.2. The van der Waals surface area contributed by atoms with E-state index >= 15 is 0 Å². The molecule has 1 aromatic heterocycles. The van der Waals surface area contributed by atoms with E-state index in [4.69, 9.17) is 4.74 Å². The SMILES string of the molecule is CCOC(=O)CC(=O)N1CCC(C(=O)N2CCC3(CC2)CCN(c2ccncc2)CC3)CC1. The molecular weight excluding hydrogens is 420 g/mol. The molecule has 8 nitrogen and oxygen atoms in total. The quantitative estimate of drug-likeness (QED) is 0.500. The lowest BCUT2D eigenvalue weighted by molar-refractivity contribution is -0.150. The minimum Gasteiger partial charge on any atom is -0.466 e. The third-order valence-electron chi connectivity index (χ3n) is 7.79. The molecule has 3 fully saturated rings. The average molecular weight is 457 g/mol. The summed E-state index contributed by atoms with van der Waals surface area (Å²) in [6.45, 7) is 6.91. The van der Waals surface area contributed by atoms with Gasteiger partial charge in [-0.25, -0.2) is 0 Å². The van der Waals surface area contributed by atoms with Gasteiger partial charge in [-0.1, -0.05) is 0 Å². The van der Waals surface area contributed by atoms with Crippen LogP contribution in [0.4, 0.5) is 5.69 Å². The highest BCUT2D eigenvalue weighted by Gasteiger charge is 2.40. The largest absolute Gasteiger partial charge is 0.466 e. The number of hydrogen-bond acceptors (Lipinski definition) is 6. The second-order valence-electron chi connectivity index (χ2n) is 9.65. The van der Waals surface area contributed by atoms with E-state index in [0.29, 0.717) is 31.3 Å². The molecule has 0 bridgehead atoms. The van der Waals surface area contributed by atoms with Gasteiger partial charge in [0, 0.05) is 63.3 Å². The van der Waals surface area contributed by atoms with Crippen molar-refractivity contribution in [1.29, 1.82) is 0 Å². The first-order chi connectivity index (χ1) is 16.0. The van der Waals surface area contributed by atoms with Gasteiger partial charge in [-0.3, -0.25) is 19.4 Å². The summed E-state index contributed by atoms with van der Waals surface area (Å²) >= 11 is 0. The van der Waals surface area contributed by atoms with Gasteiger partial charge in [0.1, 0.15) is 6.42 Å². The number of nitrogens with zero attached hydrogens (tertiary/aromatic N) is 4. The summed E-state index contributed by atoms with van der Waals surface area (Å²) in [6.07, 6.45) is 9.37. The average Bonchev–Trinajstić information content (AvgIpc) is 2.85. The highest BCUT2D eigenvalue weighted by atomic mass is 16.5. The lowest BCUT2D eigenvalue weighted by atomic mass is 9.71. The standard InChI is InChI=1S/C25H36N4O4/c1-2-33-23(31)19-22(30)28-13-5-20(6-14-28)24(32)29-17-9-25(10-18-29)7-15-27(16-8-25)21-3-11-26-12-4-21/h3-4,11-12,20H,2,5-10,13-19H2,1H3. The van der Waals surface area contributed by atoms with E-state index in [2.05, 4.69) is 26.9 Å². The summed E-state index contributed by atoms with van der Waals surface area (Å²) < 4.78 is 4.87. The fourth-order valence-electron chi connectivity index (χ4n) is 5.58. The van der Waals surface area contributed by atoms with Crippen LogP contribution in [0.3, 0.4) is 0 Å². The maximum atomic E-state index is 13.1. The first-order valence-corrected chi connectivity index (χ1v) is 12.4. The van der Waals surface area contributed by atoms with Crippen molar-refractivity contribution in [3.8, 4) is 0 Å². The van der Waals surface area contributed by atoms with Crippen molar-refractivity contribution < 1.29 is 19.1 Å². The van der Waals surface area contributed by atoms with Crippen LogP contribution in [0.15, 0.2) is 24.5 Å². The first kappa shape index (κ1) is 23.5. The summed E-state index contributed by atoms with van der Waals surface area (Å²) in [4.78, 5) is 47.3. The number of piperidine rings is 3. The number of rotatable bonds is 5. The van der Waals surface area contributed by atoms with E-state index in [1.807, 2.05) is 12.4 Å². The van der Waals surface area contributed by atoms with Gasteiger partial charge in [0.05, 0.1) is 6.61 Å². The minimum atomic E-state index is -0.477. The van der Waals surface area contributed by atoms with Crippen molar-refractivity contribution in [3.05, 3.63) is 24.5 Å². The second kappa shape index (κ2) is 10.5. The van der Waals surface area contributed by atoms with Gasteiger partial charge >= 0.3 is 5.97 Å². The van der Waals surface area contributed by atoms with Crippen molar-refractivity contribution in [1.82, 2.24) is 14.8 Å². The monoisotopic (exact) mass is 456 g/mol. The Morgan fingerprint density at radius 2 is 1.55 bits per heavy atom. The molecule has 0 radical (unpaired) electrons. The Balaban J connectivity index is 1.20. The van der Waals surface area contributed by atoms with Crippen molar-refractivity contribution in [2.24, 2.45) is 11.3 Å². The Labute approximate surface area is 196 Å². The number of esters is 1. The molecule has 0 N–H and O–H groups in total. The molecule has 2 amide bonds. The van der Waals surface area contributed by atoms with Crippen LogP contribution in [0.2, 0.25) is 0 Å². The third-order valence-corrected chi connectivity index (χ3v) is 7.79. The summed E-state index contributed by atoms with van der Waals surface area (Å²) in [5.74, 6) is -0.442. The van der Waals surface area contributed by atoms with Crippen LogP contribution < -0.4 is 4.90 Å². The second-order valence-corrected chi connectivity index (χ2v) is 9.65. The van der Waals surface area contributed by atoms with Crippen LogP contribution in [0.25, 0.3) is 0 Å². The topological polar surface area (TPSA) is 83.0 Å². The van der Waals surface area contributed by atoms with E-state index in [1.54, 1.807) is 11.8 Å². The predicted molar refractivity (Wildman–Crippen MR) is 124 cm³/mol. The summed E-state index contributed by atoms with van der Waals surface area (Å²) in [5, 5.41) is 0. The molecule has 0 unspecified atom stereocenters. The van der Waals surface area contributed by atoms with E-state index < -0.39 is 5.97 Å². The van der Waals surface area contributed by atoms with E-state index in [1.165, 1.54) is 18.5 Å². The van der Waals surface area contributed by atoms with Gasteiger partial charge in [-0.15, -0.1) is 0 Å². The van der Waals surface area contributed by atoms with Gasteiger partial charge in [-0.2, -0.15) is 0 Å². The molecule has 0 aromatic carbocycles. The van der Waals surface area contributed by atoms with Crippen LogP contribution >= 0.6 is 0 Å². The van der Waals surface area contributed by atoms with Gasteiger partial charge in [0.2, 0.25) is 11.8 Å². The summed E-state index contributed by atoms with van der Waals surface area (Å²) in [7, 11) is 0. The molecular formula is C25H36N4O4. The molecule has 3 aliphatic heterocycles. The number of ether oxygens (including phenoxy) is 1. The Morgan fingerprint density at radius 1 is 0.939 bits per heavy atom. The Bertz CT molecular complexity index is 820. The molecule has 0 saturated carbocycles. The molecule has 3 saturated heterocycles. The van der Waals surface area contributed by atoms with E-state index in [0.717, 1.165) is 39.0 Å². The smallest absolute Gasteiger partial charge is 0.315 e. The van der Waals surface area contributed by atoms with Crippen LogP contribution in [0.1, 0.15) is 51.9 Å². The molecule has 4 heterocycles. The molecule has 8 heteroatoms. The van der Waals surface area contributed by atoms with Crippen molar-refractivity contribution >= 4 is 23.5 Å². The lowest BCUT2D eigenvalue weighted by Gasteiger charge is -2.48. The molecule has 1 aromatic rings. The molecule has 0 atom stereocenters. The number of carbonyl (C=O) groups excluding carboxylic acids is 3. The number of anilines is 1. The van der Waals surface area contributed by atoms with Crippen molar-refractivity contribution in [3.63, 3.8) is 0 Å². The zero-order valence-corrected chi connectivity index (χ0v) is 19.7. The maximum Gasteiger partial charge on any atom is 0.315 e. The molecule has 3 aliphatic rings. The maximum absolute atomic E-state index is 13.1. The van der Waals surface area contributed by atoms with Crippen LogP contribution in [0, 0.1) is 11.3 Å². The van der Waals surface area contributed by atoms with E-state index in [-0.39, 0.29) is 30.8 Å². The van der Waals surface area contributed by atoms with Crippen LogP contribution in [0.5, 0.6) is 0 Å². The minimum absolute atomic E-state index is 0.0146. The predicted octanol–water partition coefficient (Wildman–Crippen LogP) is 2.48.